The minimum atomic E-state index is -0.419. The van der Waals surface area contributed by atoms with Crippen molar-refractivity contribution in [1.29, 1.82) is 0 Å². The maximum absolute atomic E-state index is 12.9. The number of carbonyl (C=O) groups excluding carboxylic acids is 1. The average molecular weight is 398 g/mol. The fourth-order valence-electron chi connectivity index (χ4n) is 6.77. The summed E-state index contributed by atoms with van der Waals surface area (Å²) in [4.78, 5) is 15.7. The summed E-state index contributed by atoms with van der Waals surface area (Å²) in [5, 5.41) is 10.8. The van der Waals surface area contributed by atoms with E-state index >= 15 is 0 Å². The van der Waals surface area contributed by atoms with E-state index in [4.69, 9.17) is 9.47 Å². The Morgan fingerprint density at radius 3 is 3.00 bits per heavy atom. The van der Waals surface area contributed by atoms with E-state index in [-0.39, 0.29) is 16.9 Å². The molecule has 5 aliphatic rings. The first-order chi connectivity index (χ1) is 14.1. The number of hydrogen-bond acceptors (Lipinski definition) is 5. The molecule has 4 atom stereocenters. The van der Waals surface area contributed by atoms with Gasteiger partial charge in [0.15, 0.2) is 23.4 Å². The van der Waals surface area contributed by atoms with Gasteiger partial charge in [0.1, 0.15) is 5.75 Å². The number of phenols is 1. The Morgan fingerprint density at radius 1 is 1.34 bits per heavy atom. The summed E-state index contributed by atoms with van der Waals surface area (Å²) < 4.78 is 12.4. The van der Waals surface area contributed by atoms with Gasteiger partial charge < -0.3 is 14.6 Å². The number of aromatic hydroxyl groups is 1. The normalized spacial score (nSPS) is 34.7. The van der Waals surface area contributed by atoms with Crippen molar-refractivity contribution in [3.63, 3.8) is 0 Å². The zero-order chi connectivity index (χ0) is 19.8. The number of unbranched alkanes of at least 4 members (excludes halogenated alkanes) is 1. The van der Waals surface area contributed by atoms with Crippen molar-refractivity contribution in [3.05, 3.63) is 17.2 Å². The predicted octanol–water partition coefficient (Wildman–Crippen LogP) is 3.59. The summed E-state index contributed by atoms with van der Waals surface area (Å²) in [6.07, 6.45) is 7.85. The second-order valence-corrected chi connectivity index (χ2v) is 9.89. The maximum atomic E-state index is 12.9. The lowest BCUT2D eigenvalue weighted by molar-refractivity contribution is -0.138. The Morgan fingerprint density at radius 2 is 2.21 bits per heavy atom. The van der Waals surface area contributed by atoms with Gasteiger partial charge in [0.25, 0.3) is 0 Å². The van der Waals surface area contributed by atoms with E-state index in [1.54, 1.807) is 6.07 Å². The molecular weight excluding hydrogens is 366 g/mol. The van der Waals surface area contributed by atoms with Crippen molar-refractivity contribution in [2.45, 2.75) is 75.9 Å². The van der Waals surface area contributed by atoms with Crippen LogP contribution in [0.1, 0.15) is 63.0 Å². The summed E-state index contributed by atoms with van der Waals surface area (Å²) in [5.41, 5.74) is 2.06. The van der Waals surface area contributed by atoms with Crippen LogP contribution < -0.4 is 9.47 Å². The maximum Gasteiger partial charge on any atom is 0.174 e. The van der Waals surface area contributed by atoms with Crippen molar-refractivity contribution in [2.24, 2.45) is 11.8 Å². The third-order valence-electron chi connectivity index (χ3n) is 8.26. The van der Waals surface area contributed by atoms with Crippen LogP contribution >= 0.6 is 0 Å². The van der Waals surface area contributed by atoms with Crippen LogP contribution in [0.5, 0.6) is 17.2 Å². The molecule has 0 amide bonds. The molecule has 2 bridgehead atoms. The number of ketones is 1. The molecule has 1 aromatic rings. The third kappa shape index (κ3) is 2.46. The molecule has 2 heterocycles. The molecule has 0 aromatic heterocycles. The van der Waals surface area contributed by atoms with Gasteiger partial charge in [-0.15, -0.1) is 0 Å². The van der Waals surface area contributed by atoms with E-state index in [2.05, 4.69) is 11.8 Å². The highest BCUT2D eigenvalue weighted by Gasteiger charge is 2.66. The van der Waals surface area contributed by atoms with Gasteiger partial charge in [-0.2, -0.15) is 0 Å². The fraction of sp³-hybridized carbons (Fsp3) is 0.708. The van der Waals surface area contributed by atoms with E-state index in [1.807, 2.05) is 0 Å². The number of benzene rings is 1. The van der Waals surface area contributed by atoms with Crippen LogP contribution in [0.2, 0.25) is 0 Å². The number of likely N-dealkylation sites (tertiary alicyclic amines) is 1. The van der Waals surface area contributed by atoms with E-state index in [0.29, 0.717) is 30.7 Å². The molecule has 29 heavy (non-hydrogen) atoms. The monoisotopic (exact) mass is 397 g/mol. The number of piperidine rings is 1. The lowest BCUT2D eigenvalue weighted by Crippen LogP contribution is -2.66. The van der Waals surface area contributed by atoms with Gasteiger partial charge in [-0.25, -0.2) is 0 Å². The lowest BCUT2D eigenvalue weighted by Gasteiger charge is -2.57. The number of ether oxygens (including phenoxy) is 2. The molecule has 3 aliphatic carbocycles. The van der Waals surface area contributed by atoms with Gasteiger partial charge in [0.2, 0.25) is 0 Å². The standard InChI is InChI=1S/C24H31NO4/c1-2-3-10-28-20-12-19(27)22-21-15(20)11-17-16-6-7-18(26)23(29-22)24(16,21)8-9-25(17)13-14-4-5-14/h12,14,16-17,23,27H,2-11,13H2,1H3/t16-,17+,23-,24-/m0/s1. The topological polar surface area (TPSA) is 59.0 Å². The van der Waals surface area contributed by atoms with E-state index in [1.165, 1.54) is 24.9 Å². The fourth-order valence-corrected chi connectivity index (χ4v) is 6.77. The number of rotatable bonds is 6. The van der Waals surface area contributed by atoms with Gasteiger partial charge in [-0.3, -0.25) is 9.69 Å². The molecule has 5 heteroatoms. The van der Waals surface area contributed by atoms with Crippen molar-refractivity contribution < 1.29 is 19.4 Å². The summed E-state index contributed by atoms with van der Waals surface area (Å²) in [5.74, 6) is 3.05. The second-order valence-electron chi connectivity index (χ2n) is 9.89. The number of carbonyl (C=O) groups is 1. The van der Waals surface area contributed by atoms with Gasteiger partial charge in [-0.1, -0.05) is 13.3 Å². The number of nitrogens with zero attached hydrogens (tertiary/aromatic N) is 1. The van der Waals surface area contributed by atoms with Crippen LogP contribution in [0.25, 0.3) is 0 Å². The summed E-state index contributed by atoms with van der Waals surface area (Å²) in [7, 11) is 0. The summed E-state index contributed by atoms with van der Waals surface area (Å²) >= 11 is 0. The Bertz CT molecular complexity index is 863. The first-order valence-corrected chi connectivity index (χ1v) is 11.6. The predicted molar refractivity (Wildman–Crippen MR) is 109 cm³/mol. The van der Waals surface area contributed by atoms with Crippen molar-refractivity contribution in [2.75, 3.05) is 19.7 Å². The summed E-state index contributed by atoms with van der Waals surface area (Å²) in [6, 6.07) is 2.20. The number of Topliss-reactive ketones (excluding diaryl/α,β-unsaturated/α-hetero) is 1. The van der Waals surface area contributed by atoms with Crippen LogP contribution in [0, 0.1) is 11.8 Å². The quantitative estimate of drug-likeness (QED) is 0.744. The number of phenolic OH excluding ortho intramolecular Hbond substituents is 1. The van der Waals surface area contributed by atoms with Gasteiger partial charge in [0, 0.05) is 41.6 Å². The van der Waals surface area contributed by atoms with Crippen LogP contribution in [-0.4, -0.2) is 47.6 Å². The molecular formula is C24H31NO4. The molecule has 3 fully saturated rings. The molecule has 0 unspecified atom stereocenters. The third-order valence-corrected chi connectivity index (χ3v) is 8.26. The Hall–Kier alpha value is -1.75. The molecule has 1 spiro atoms. The van der Waals surface area contributed by atoms with Gasteiger partial charge >= 0.3 is 0 Å². The smallest absolute Gasteiger partial charge is 0.174 e. The largest absolute Gasteiger partial charge is 0.504 e. The Balaban J connectivity index is 1.48. The molecule has 2 saturated carbocycles. The highest BCUT2D eigenvalue weighted by atomic mass is 16.5. The lowest BCUT2D eigenvalue weighted by atomic mass is 9.51. The Kier molecular flexibility index (Phi) is 3.97. The van der Waals surface area contributed by atoms with Crippen molar-refractivity contribution in [3.8, 4) is 17.2 Å². The van der Waals surface area contributed by atoms with E-state index < -0.39 is 6.10 Å². The highest BCUT2D eigenvalue weighted by molar-refractivity contribution is 5.89. The van der Waals surface area contributed by atoms with Crippen molar-refractivity contribution >= 4 is 5.78 Å². The van der Waals surface area contributed by atoms with Gasteiger partial charge in [-0.05, 0) is 56.9 Å². The molecule has 1 aromatic carbocycles. The minimum Gasteiger partial charge on any atom is -0.504 e. The second kappa shape index (κ2) is 6.37. The molecule has 156 valence electrons. The van der Waals surface area contributed by atoms with Crippen molar-refractivity contribution in [1.82, 2.24) is 4.90 Å². The molecule has 5 nitrogen and oxygen atoms in total. The first kappa shape index (κ1) is 18.1. The number of hydrogen-bond donors (Lipinski definition) is 1. The molecule has 6 rings (SSSR count). The SMILES string of the molecule is CCCCOc1cc(O)c2c3c1C[C@@H]1[C@@H]4CCC(=O)[C@H](O2)[C@]34CCN1CC1CC1. The molecule has 0 radical (unpaired) electrons. The van der Waals surface area contributed by atoms with Gasteiger partial charge in [0.05, 0.1) is 6.61 Å². The Labute approximate surface area is 172 Å². The average Bonchev–Trinajstić information content (AvgIpc) is 3.45. The molecule has 1 N–H and O–H groups in total. The first-order valence-electron chi connectivity index (χ1n) is 11.6. The highest BCUT2D eigenvalue weighted by Crippen LogP contribution is 2.64. The van der Waals surface area contributed by atoms with Crippen LogP contribution in [0.15, 0.2) is 6.07 Å². The molecule has 2 aliphatic heterocycles. The minimum absolute atomic E-state index is 0.143. The van der Waals surface area contributed by atoms with Crippen LogP contribution in [-0.2, 0) is 16.6 Å². The summed E-state index contributed by atoms with van der Waals surface area (Å²) in [6.45, 7) is 5.05. The zero-order valence-corrected chi connectivity index (χ0v) is 17.3. The van der Waals surface area contributed by atoms with Crippen LogP contribution in [0.4, 0.5) is 0 Å². The van der Waals surface area contributed by atoms with E-state index in [9.17, 15) is 9.90 Å². The van der Waals surface area contributed by atoms with Crippen LogP contribution in [0.3, 0.4) is 0 Å². The van der Waals surface area contributed by atoms with E-state index in [0.717, 1.165) is 55.9 Å². The molecule has 1 saturated heterocycles. The zero-order valence-electron chi connectivity index (χ0n) is 17.3.